The van der Waals surface area contributed by atoms with E-state index in [1.807, 2.05) is 0 Å². The minimum Gasteiger partial charge on any atom is -0.449 e. The molecule has 0 amide bonds. The molecular weight excluding hydrogens is 252 g/mol. The van der Waals surface area contributed by atoms with E-state index in [1.54, 1.807) is 13.8 Å². The third kappa shape index (κ3) is 7.79. The Morgan fingerprint density at radius 1 is 1.22 bits per heavy atom. The van der Waals surface area contributed by atoms with E-state index in [0.717, 1.165) is 0 Å². The zero-order valence-corrected chi connectivity index (χ0v) is 10.3. The molecule has 0 saturated heterocycles. The summed E-state index contributed by atoms with van der Waals surface area (Å²) < 4.78 is 13.8. The van der Waals surface area contributed by atoms with Gasteiger partial charge in [0.25, 0.3) is 0 Å². The lowest BCUT2D eigenvalue weighted by Crippen LogP contribution is -2.38. The third-order valence-electron chi connectivity index (χ3n) is 1.50. The normalized spacial score (nSPS) is 13.7. The Labute approximate surface area is 103 Å². The Balaban J connectivity index is 4.02. The monoisotopic (exact) mass is 268 g/mol. The van der Waals surface area contributed by atoms with E-state index in [9.17, 15) is 9.59 Å². The van der Waals surface area contributed by atoms with Gasteiger partial charge in [-0.05, 0) is 25.8 Å². The maximum atomic E-state index is 10.6. The molecule has 106 valence electrons. The van der Waals surface area contributed by atoms with Crippen LogP contribution in [-0.2, 0) is 29.0 Å². The molecule has 0 rings (SSSR count). The number of carbonyl (C=O) groups is 2. The van der Waals surface area contributed by atoms with Crippen molar-refractivity contribution in [3.05, 3.63) is 0 Å². The largest absolute Gasteiger partial charge is 0.553 e. The molecule has 0 fully saturated rings. The predicted octanol–water partition coefficient (Wildman–Crippen LogP) is 1.47. The van der Waals surface area contributed by atoms with Gasteiger partial charge in [0.1, 0.15) is 6.61 Å². The van der Waals surface area contributed by atoms with Crippen LogP contribution in [0.3, 0.4) is 0 Å². The number of rotatable bonds is 8. The standard InChI is InChI=1S/C9H16O9/c1-4-13-6-9(3,14-5-2)17-18-16-8(12)15-7(10)11/h4-6H2,1-3H3,(H,10,11). The van der Waals surface area contributed by atoms with E-state index in [1.165, 1.54) is 6.92 Å². The molecule has 18 heavy (non-hydrogen) atoms. The van der Waals surface area contributed by atoms with Gasteiger partial charge in [-0.25, -0.2) is 9.68 Å². The van der Waals surface area contributed by atoms with E-state index >= 15 is 0 Å². The molecule has 0 aromatic rings. The van der Waals surface area contributed by atoms with Gasteiger partial charge in [-0.15, -0.1) is 0 Å². The lowest BCUT2D eigenvalue weighted by molar-refractivity contribution is -0.551. The van der Waals surface area contributed by atoms with Crippen molar-refractivity contribution in [2.24, 2.45) is 0 Å². The van der Waals surface area contributed by atoms with Crippen molar-refractivity contribution in [2.75, 3.05) is 19.8 Å². The van der Waals surface area contributed by atoms with E-state index in [2.05, 4.69) is 19.6 Å². The van der Waals surface area contributed by atoms with Crippen LogP contribution in [0.4, 0.5) is 9.59 Å². The summed E-state index contributed by atoms with van der Waals surface area (Å²) in [5, 5.41) is 12.1. The van der Waals surface area contributed by atoms with Crippen molar-refractivity contribution in [3.8, 4) is 0 Å². The summed E-state index contributed by atoms with van der Waals surface area (Å²) in [6.45, 7) is 5.72. The number of carboxylic acid groups (broad SMARTS) is 1. The molecule has 1 unspecified atom stereocenters. The highest BCUT2D eigenvalue weighted by molar-refractivity contribution is 5.75. The van der Waals surface area contributed by atoms with Gasteiger partial charge in [-0.2, -0.15) is 9.68 Å². The van der Waals surface area contributed by atoms with Crippen molar-refractivity contribution in [3.63, 3.8) is 0 Å². The van der Waals surface area contributed by atoms with Gasteiger partial charge < -0.3 is 19.3 Å². The lowest BCUT2D eigenvalue weighted by Gasteiger charge is -2.25. The quantitative estimate of drug-likeness (QED) is 0.230. The smallest absolute Gasteiger partial charge is 0.449 e. The molecule has 0 bridgehead atoms. The highest BCUT2D eigenvalue weighted by atomic mass is 17.5. The first-order chi connectivity index (χ1) is 8.43. The highest BCUT2D eigenvalue weighted by Crippen LogP contribution is 2.14. The van der Waals surface area contributed by atoms with E-state index in [4.69, 9.17) is 14.6 Å². The minimum absolute atomic E-state index is 0.0225. The summed E-state index contributed by atoms with van der Waals surface area (Å²) in [4.78, 5) is 29.1. The Morgan fingerprint density at radius 2 is 1.89 bits per heavy atom. The van der Waals surface area contributed by atoms with Gasteiger partial charge in [0.2, 0.25) is 5.79 Å². The fraction of sp³-hybridized carbons (Fsp3) is 0.778. The third-order valence-corrected chi connectivity index (χ3v) is 1.50. The molecule has 0 aliphatic heterocycles. The van der Waals surface area contributed by atoms with Gasteiger partial charge >= 0.3 is 12.3 Å². The van der Waals surface area contributed by atoms with Gasteiger partial charge in [0.15, 0.2) is 0 Å². The van der Waals surface area contributed by atoms with Crippen molar-refractivity contribution in [2.45, 2.75) is 26.6 Å². The summed E-state index contributed by atoms with van der Waals surface area (Å²) in [5.74, 6) is -1.30. The Morgan fingerprint density at radius 3 is 2.39 bits per heavy atom. The topological polar surface area (TPSA) is 110 Å². The molecule has 0 aromatic carbocycles. The van der Waals surface area contributed by atoms with Crippen molar-refractivity contribution in [1.29, 1.82) is 0 Å². The fourth-order valence-electron chi connectivity index (χ4n) is 0.888. The maximum Gasteiger partial charge on any atom is 0.553 e. The molecule has 0 aliphatic rings. The molecule has 0 saturated carbocycles. The Bertz CT molecular complexity index is 267. The molecule has 1 N–H and O–H groups in total. The summed E-state index contributed by atoms with van der Waals surface area (Å²) in [7, 11) is 0. The minimum atomic E-state index is -1.83. The van der Waals surface area contributed by atoms with Crippen LogP contribution < -0.4 is 0 Å². The SMILES string of the molecule is CCOCC(C)(OCC)OOOC(=O)OC(=O)O. The van der Waals surface area contributed by atoms with E-state index in [-0.39, 0.29) is 6.61 Å². The van der Waals surface area contributed by atoms with Crippen LogP contribution >= 0.6 is 0 Å². The average molecular weight is 268 g/mol. The van der Waals surface area contributed by atoms with Crippen molar-refractivity contribution < 1.29 is 43.7 Å². The fourth-order valence-corrected chi connectivity index (χ4v) is 0.888. The number of ether oxygens (including phenoxy) is 3. The average Bonchev–Trinajstić information content (AvgIpc) is 2.26. The van der Waals surface area contributed by atoms with Crippen LogP contribution in [0.15, 0.2) is 0 Å². The molecule has 9 heteroatoms. The van der Waals surface area contributed by atoms with Crippen LogP contribution in [0.5, 0.6) is 0 Å². The second kappa shape index (κ2) is 8.64. The van der Waals surface area contributed by atoms with Crippen molar-refractivity contribution >= 4 is 12.3 Å². The van der Waals surface area contributed by atoms with Gasteiger partial charge in [0.05, 0.1) is 0 Å². The Kier molecular flexibility index (Phi) is 7.96. The highest BCUT2D eigenvalue weighted by Gasteiger charge is 2.29. The first-order valence-electron chi connectivity index (χ1n) is 5.12. The number of hydrogen-bond acceptors (Lipinski definition) is 8. The molecule has 0 spiro atoms. The van der Waals surface area contributed by atoms with Crippen LogP contribution in [0.1, 0.15) is 20.8 Å². The molecule has 0 heterocycles. The first-order valence-corrected chi connectivity index (χ1v) is 5.12. The van der Waals surface area contributed by atoms with Crippen LogP contribution in [0.2, 0.25) is 0 Å². The second-order valence-corrected chi connectivity index (χ2v) is 3.06. The van der Waals surface area contributed by atoms with Crippen LogP contribution in [0, 0.1) is 0 Å². The molecule has 0 aliphatic carbocycles. The van der Waals surface area contributed by atoms with Crippen LogP contribution in [-0.4, -0.2) is 43.0 Å². The summed E-state index contributed by atoms with van der Waals surface area (Å²) >= 11 is 0. The molecule has 1 atom stereocenters. The lowest BCUT2D eigenvalue weighted by atomic mass is 10.3. The molecule has 9 nitrogen and oxygen atoms in total. The predicted molar refractivity (Wildman–Crippen MR) is 54.3 cm³/mol. The molecule has 0 aromatic heterocycles. The van der Waals surface area contributed by atoms with Gasteiger partial charge in [-0.1, -0.05) is 0 Å². The van der Waals surface area contributed by atoms with Crippen molar-refractivity contribution in [1.82, 2.24) is 0 Å². The summed E-state index contributed by atoms with van der Waals surface area (Å²) in [6.07, 6.45) is -3.41. The first kappa shape index (κ1) is 16.6. The zero-order chi connectivity index (χ0) is 14.0. The van der Waals surface area contributed by atoms with Gasteiger partial charge in [0, 0.05) is 13.2 Å². The molecule has 0 radical (unpaired) electrons. The molecular formula is C9H16O9. The van der Waals surface area contributed by atoms with E-state index < -0.39 is 18.1 Å². The summed E-state index contributed by atoms with van der Waals surface area (Å²) in [6, 6.07) is 0. The van der Waals surface area contributed by atoms with Gasteiger partial charge in [-0.3, -0.25) is 0 Å². The second-order valence-electron chi connectivity index (χ2n) is 3.06. The number of hydrogen-bond donors (Lipinski definition) is 1. The maximum absolute atomic E-state index is 10.6. The van der Waals surface area contributed by atoms with Crippen LogP contribution in [0.25, 0.3) is 0 Å². The zero-order valence-electron chi connectivity index (χ0n) is 10.3. The Hall–Kier alpha value is -1.42. The summed E-state index contributed by atoms with van der Waals surface area (Å²) in [5.41, 5.74) is 0. The van der Waals surface area contributed by atoms with E-state index in [0.29, 0.717) is 13.2 Å². The number of carbonyl (C=O) groups excluding carboxylic acids is 1.